The first-order valence-corrected chi connectivity index (χ1v) is 5.21. The molecule has 0 saturated heterocycles. The lowest BCUT2D eigenvalue weighted by atomic mass is 9.95. The molecule has 1 heterocycles. The molecule has 0 unspecified atom stereocenters. The van der Waals surface area contributed by atoms with E-state index in [-0.39, 0.29) is 11.3 Å². The van der Waals surface area contributed by atoms with Gasteiger partial charge in [-0.15, -0.1) is 0 Å². The number of imidazole rings is 1. The molecule has 0 saturated carbocycles. The lowest BCUT2D eigenvalue weighted by Crippen LogP contribution is -2.27. The Labute approximate surface area is 94.1 Å². The molecular formula is C12H15N3O. The van der Waals surface area contributed by atoms with Gasteiger partial charge < -0.3 is 10.3 Å². The van der Waals surface area contributed by atoms with E-state index in [2.05, 4.69) is 15.3 Å². The summed E-state index contributed by atoms with van der Waals surface area (Å²) in [5.74, 6) is 0.00589. The summed E-state index contributed by atoms with van der Waals surface area (Å²) < 4.78 is 0. The van der Waals surface area contributed by atoms with E-state index in [1.54, 1.807) is 6.33 Å². The lowest BCUT2D eigenvalue weighted by Gasteiger charge is -2.17. The molecule has 0 bridgehead atoms. The summed E-state index contributed by atoms with van der Waals surface area (Å²) in [6.07, 6.45) is 1.64. The van der Waals surface area contributed by atoms with Gasteiger partial charge in [0.15, 0.2) is 0 Å². The number of carbonyl (C=O) groups is 1. The first-order chi connectivity index (χ1) is 7.47. The maximum atomic E-state index is 11.8. The number of anilines is 1. The number of nitrogens with one attached hydrogen (secondary N) is 2. The number of hydrogen-bond donors (Lipinski definition) is 2. The van der Waals surface area contributed by atoms with Crippen molar-refractivity contribution in [2.45, 2.75) is 20.8 Å². The van der Waals surface area contributed by atoms with E-state index in [0.717, 1.165) is 16.7 Å². The van der Waals surface area contributed by atoms with Crippen LogP contribution in [0.2, 0.25) is 0 Å². The van der Waals surface area contributed by atoms with E-state index in [9.17, 15) is 4.79 Å². The Kier molecular flexibility index (Phi) is 2.42. The van der Waals surface area contributed by atoms with Gasteiger partial charge in [0.2, 0.25) is 5.91 Å². The fourth-order valence-corrected chi connectivity index (χ4v) is 1.33. The third-order valence-electron chi connectivity index (χ3n) is 2.36. The number of carbonyl (C=O) groups excluding carboxylic acids is 1. The average Bonchev–Trinajstić information content (AvgIpc) is 2.63. The normalized spacial score (nSPS) is 11.7. The van der Waals surface area contributed by atoms with Crippen molar-refractivity contribution in [2.75, 3.05) is 5.32 Å². The molecule has 1 amide bonds. The molecule has 0 fully saturated rings. The van der Waals surface area contributed by atoms with E-state index in [0.29, 0.717) is 0 Å². The van der Waals surface area contributed by atoms with Crippen LogP contribution in [-0.4, -0.2) is 15.9 Å². The molecule has 1 aromatic heterocycles. The second-order valence-electron chi connectivity index (χ2n) is 4.84. The summed E-state index contributed by atoms with van der Waals surface area (Å²) in [7, 11) is 0. The molecule has 2 aromatic rings. The molecular weight excluding hydrogens is 202 g/mol. The number of fused-ring (bicyclic) bond motifs is 1. The molecule has 84 valence electrons. The number of aromatic nitrogens is 2. The van der Waals surface area contributed by atoms with Gasteiger partial charge in [-0.2, -0.15) is 0 Å². The van der Waals surface area contributed by atoms with Crippen molar-refractivity contribution in [1.29, 1.82) is 0 Å². The minimum Gasteiger partial charge on any atom is -0.345 e. The molecule has 2 rings (SSSR count). The van der Waals surface area contributed by atoms with Crippen molar-refractivity contribution in [3.05, 3.63) is 24.5 Å². The fraction of sp³-hybridized carbons (Fsp3) is 0.333. The number of aromatic amines is 1. The highest BCUT2D eigenvalue weighted by Gasteiger charge is 2.21. The highest BCUT2D eigenvalue weighted by atomic mass is 16.2. The summed E-state index contributed by atoms with van der Waals surface area (Å²) in [6.45, 7) is 5.66. The molecule has 0 aliphatic rings. The maximum absolute atomic E-state index is 11.8. The van der Waals surface area contributed by atoms with E-state index < -0.39 is 0 Å². The SMILES string of the molecule is CC(C)(C)C(=O)Nc1ccc2nc[nH]c2c1. The van der Waals surface area contributed by atoms with Gasteiger partial charge in [-0.25, -0.2) is 4.98 Å². The molecule has 1 aromatic carbocycles. The van der Waals surface area contributed by atoms with Gasteiger partial charge in [0.25, 0.3) is 0 Å². The molecule has 2 N–H and O–H groups in total. The summed E-state index contributed by atoms with van der Waals surface area (Å²) >= 11 is 0. The quantitative estimate of drug-likeness (QED) is 0.771. The third-order valence-corrected chi connectivity index (χ3v) is 2.36. The van der Waals surface area contributed by atoms with Gasteiger partial charge in [-0.3, -0.25) is 4.79 Å². The van der Waals surface area contributed by atoms with Crippen LogP contribution in [0.5, 0.6) is 0 Å². The summed E-state index contributed by atoms with van der Waals surface area (Å²) in [5, 5.41) is 2.88. The van der Waals surface area contributed by atoms with E-state index in [1.165, 1.54) is 0 Å². The van der Waals surface area contributed by atoms with Crippen LogP contribution in [-0.2, 0) is 4.79 Å². The Morgan fingerprint density at radius 2 is 2.12 bits per heavy atom. The van der Waals surface area contributed by atoms with E-state index in [1.807, 2.05) is 39.0 Å². The zero-order valence-electron chi connectivity index (χ0n) is 9.66. The summed E-state index contributed by atoms with van der Waals surface area (Å²) in [6, 6.07) is 5.61. The van der Waals surface area contributed by atoms with Crippen LogP contribution >= 0.6 is 0 Å². The second kappa shape index (κ2) is 3.63. The van der Waals surface area contributed by atoms with Crippen molar-refractivity contribution in [3.63, 3.8) is 0 Å². The Bertz CT molecular complexity index is 522. The van der Waals surface area contributed by atoms with Crippen LogP contribution in [0.3, 0.4) is 0 Å². The van der Waals surface area contributed by atoms with E-state index in [4.69, 9.17) is 0 Å². The number of hydrogen-bond acceptors (Lipinski definition) is 2. The first kappa shape index (κ1) is 10.7. The maximum Gasteiger partial charge on any atom is 0.229 e. The smallest absolute Gasteiger partial charge is 0.229 e. The van der Waals surface area contributed by atoms with Gasteiger partial charge in [-0.1, -0.05) is 20.8 Å². The van der Waals surface area contributed by atoms with Crippen LogP contribution in [0.15, 0.2) is 24.5 Å². The number of nitrogens with zero attached hydrogens (tertiary/aromatic N) is 1. The average molecular weight is 217 g/mol. The highest BCUT2D eigenvalue weighted by molar-refractivity contribution is 5.96. The molecule has 4 heteroatoms. The van der Waals surface area contributed by atoms with Gasteiger partial charge in [-0.05, 0) is 18.2 Å². The number of H-pyrrole nitrogens is 1. The molecule has 4 nitrogen and oxygen atoms in total. The van der Waals surface area contributed by atoms with Crippen molar-refractivity contribution in [2.24, 2.45) is 5.41 Å². The summed E-state index contributed by atoms with van der Waals surface area (Å²) in [5.41, 5.74) is 2.22. The fourth-order valence-electron chi connectivity index (χ4n) is 1.33. The first-order valence-electron chi connectivity index (χ1n) is 5.21. The van der Waals surface area contributed by atoms with Crippen molar-refractivity contribution in [3.8, 4) is 0 Å². The van der Waals surface area contributed by atoms with Crippen molar-refractivity contribution < 1.29 is 4.79 Å². The van der Waals surface area contributed by atoms with Crippen LogP contribution in [0, 0.1) is 5.41 Å². The summed E-state index contributed by atoms with van der Waals surface area (Å²) in [4.78, 5) is 18.9. The molecule has 16 heavy (non-hydrogen) atoms. The highest BCUT2D eigenvalue weighted by Crippen LogP contribution is 2.19. The van der Waals surface area contributed by atoms with Crippen molar-refractivity contribution >= 4 is 22.6 Å². The van der Waals surface area contributed by atoms with Crippen LogP contribution in [0.25, 0.3) is 11.0 Å². The zero-order valence-corrected chi connectivity index (χ0v) is 9.66. The van der Waals surface area contributed by atoms with Crippen LogP contribution < -0.4 is 5.32 Å². The molecule has 0 aliphatic carbocycles. The Morgan fingerprint density at radius 1 is 1.38 bits per heavy atom. The molecule has 0 atom stereocenters. The number of benzene rings is 1. The lowest BCUT2D eigenvalue weighted by molar-refractivity contribution is -0.123. The predicted molar refractivity (Wildman–Crippen MR) is 64.2 cm³/mol. The Balaban J connectivity index is 2.24. The van der Waals surface area contributed by atoms with Gasteiger partial charge in [0, 0.05) is 11.1 Å². The van der Waals surface area contributed by atoms with E-state index >= 15 is 0 Å². The number of rotatable bonds is 1. The molecule has 0 spiro atoms. The zero-order chi connectivity index (χ0) is 11.8. The minimum atomic E-state index is -0.386. The van der Waals surface area contributed by atoms with Gasteiger partial charge >= 0.3 is 0 Å². The Hall–Kier alpha value is -1.84. The van der Waals surface area contributed by atoms with Crippen LogP contribution in [0.1, 0.15) is 20.8 Å². The Morgan fingerprint density at radius 3 is 2.81 bits per heavy atom. The standard InChI is InChI=1S/C12H15N3O/c1-12(2,3)11(16)15-8-4-5-9-10(6-8)14-7-13-9/h4-7H,1-3H3,(H,13,14)(H,15,16). The largest absolute Gasteiger partial charge is 0.345 e. The molecule has 0 radical (unpaired) electrons. The van der Waals surface area contributed by atoms with Crippen LogP contribution in [0.4, 0.5) is 5.69 Å². The monoisotopic (exact) mass is 217 g/mol. The van der Waals surface area contributed by atoms with Gasteiger partial charge in [0.1, 0.15) is 0 Å². The number of amides is 1. The third kappa shape index (κ3) is 2.05. The topological polar surface area (TPSA) is 57.8 Å². The minimum absolute atomic E-state index is 0.00589. The van der Waals surface area contributed by atoms with Crippen molar-refractivity contribution in [1.82, 2.24) is 9.97 Å². The van der Waals surface area contributed by atoms with Gasteiger partial charge in [0.05, 0.1) is 17.4 Å². The second-order valence-corrected chi connectivity index (χ2v) is 4.84. The predicted octanol–water partition coefficient (Wildman–Crippen LogP) is 2.55. The molecule has 0 aliphatic heterocycles.